The smallest absolute Gasteiger partial charge is 0.0991 e. The Morgan fingerprint density at radius 3 is 2.87 bits per heavy atom. The number of nitrogens with zero attached hydrogens (tertiary/aromatic N) is 2. The van der Waals surface area contributed by atoms with Crippen LogP contribution in [0.25, 0.3) is 5.57 Å². The Morgan fingerprint density at radius 2 is 2.27 bits per heavy atom. The molecule has 0 radical (unpaired) electrons. The van der Waals surface area contributed by atoms with Crippen molar-refractivity contribution >= 4 is 11.8 Å². The van der Waals surface area contributed by atoms with Gasteiger partial charge >= 0.3 is 0 Å². The lowest BCUT2D eigenvalue weighted by molar-refractivity contribution is 1.19. The largest absolute Gasteiger partial charge is 0.293 e. The summed E-state index contributed by atoms with van der Waals surface area (Å²) in [5, 5.41) is 8.78. The van der Waals surface area contributed by atoms with E-state index in [9.17, 15) is 0 Å². The highest BCUT2D eigenvalue weighted by Crippen LogP contribution is 2.23. The van der Waals surface area contributed by atoms with Gasteiger partial charge in [0, 0.05) is 12.6 Å². The van der Waals surface area contributed by atoms with Crippen LogP contribution in [0.2, 0.25) is 0 Å². The Labute approximate surface area is 89.6 Å². The molecule has 1 heterocycles. The van der Waals surface area contributed by atoms with Crippen LogP contribution in [0.5, 0.6) is 0 Å². The Morgan fingerprint density at radius 1 is 1.40 bits per heavy atom. The van der Waals surface area contributed by atoms with E-state index in [4.69, 9.17) is 5.26 Å². The molecule has 0 spiro atoms. The molecule has 0 atom stereocenters. The van der Waals surface area contributed by atoms with Gasteiger partial charge in [-0.05, 0) is 35.8 Å². The van der Waals surface area contributed by atoms with Crippen LogP contribution in [0.15, 0.2) is 29.3 Å². The number of rotatable bonds is 1. The third-order valence-electron chi connectivity index (χ3n) is 2.58. The van der Waals surface area contributed by atoms with Crippen molar-refractivity contribution in [3.8, 4) is 6.07 Å². The first-order valence-corrected chi connectivity index (χ1v) is 4.99. The third-order valence-corrected chi connectivity index (χ3v) is 2.58. The van der Waals surface area contributed by atoms with E-state index in [1.165, 1.54) is 11.1 Å². The second kappa shape index (κ2) is 4.10. The van der Waals surface area contributed by atoms with E-state index in [1.54, 1.807) is 0 Å². The Bertz CT molecular complexity index is 476. The molecule has 1 aromatic carbocycles. The van der Waals surface area contributed by atoms with Crippen molar-refractivity contribution < 1.29 is 0 Å². The number of allylic oxidation sites excluding steroid dienone is 1. The van der Waals surface area contributed by atoms with Crippen molar-refractivity contribution in [2.45, 2.75) is 13.3 Å². The standard InChI is InChI=1S/C13H12N2/c1-10-8-11(9-14)2-3-13(10)12-4-6-15-7-5-12/h2-4,7-8H,5-6H2,1H3. The fraction of sp³-hybridized carbons (Fsp3) is 0.231. The van der Waals surface area contributed by atoms with Crippen LogP contribution in [0, 0.1) is 18.3 Å². The predicted octanol–water partition coefficient (Wildman–Crippen LogP) is 2.72. The molecule has 0 aliphatic carbocycles. The highest BCUT2D eigenvalue weighted by atomic mass is 14.7. The highest BCUT2D eigenvalue weighted by molar-refractivity contribution is 5.82. The van der Waals surface area contributed by atoms with Gasteiger partial charge < -0.3 is 0 Å². The zero-order chi connectivity index (χ0) is 10.7. The SMILES string of the molecule is Cc1cc(C#N)ccc1C1=CCN=CC1. The molecular formula is C13H12N2. The van der Waals surface area contributed by atoms with Gasteiger partial charge in [-0.15, -0.1) is 0 Å². The summed E-state index contributed by atoms with van der Waals surface area (Å²) in [4.78, 5) is 4.16. The molecule has 1 aliphatic rings. The lowest BCUT2D eigenvalue weighted by Crippen LogP contribution is -1.96. The summed E-state index contributed by atoms with van der Waals surface area (Å²) in [5.74, 6) is 0. The highest BCUT2D eigenvalue weighted by Gasteiger charge is 2.06. The molecule has 0 saturated heterocycles. The first-order valence-electron chi connectivity index (χ1n) is 4.99. The lowest BCUT2D eigenvalue weighted by Gasteiger charge is -2.11. The minimum atomic E-state index is 0.723. The van der Waals surface area contributed by atoms with E-state index in [2.05, 4.69) is 17.1 Å². The molecule has 0 saturated carbocycles. The number of aryl methyl sites for hydroxylation is 1. The van der Waals surface area contributed by atoms with Gasteiger partial charge in [-0.3, -0.25) is 4.99 Å². The van der Waals surface area contributed by atoms with Crippen molar-refractivity contribution in [1.29, 1.82) is 5.26 Å². The Balaban J connectivity index is 2.37. The van der Waals surface area contributed by atoms with Crippen molar-refractivity contribution in [2.75, 3.05) is 6.54 Å². The minimum absolute atomic E-state index is 0.723. The molecule has 15 heavy (non-hydrogen) atoms. The second-order valence-electron chi connectivity index (χ2n) is 3.62. The first-order chi connectivity index (χ1) is 7.31. The molecule has 0 aromatic heterocycles. The van der Waals surface area contributed by atoms with Crippen molar-refractivity contribution in [1.82, 2.24) is 0 Å². The molecule has 2 heteroatoms. The fourth-order valence-electron chi connectivity index (χ4n) is 1.80. The van der Waals surface area contributed by atoms with Gasteiger partial charge in [0.1, 0.15) is 0 Å². The molecular weight excluding hydrogens is 184 g/mol. The maximum atomic E-state index is 8.78. The second-order valence-corrected chi connectivity index (χ2v) is 3.62. The van der Waals surface area contributed by atoms with E-state index in [-0.39, 0.29) is 0 Å². The normalized spacial score (nSPS) is 14.5. The van der Waals surface area contributed by atoms with Crippen LogP contribution in [-0.2, 0) is 0 Å². The maximum absolute atomic E-state index is 8.78. The molecule has 74 valence electrons. The summed E-state index contributed by atoms with van der Waals surface area (Å²) < 4.78 is 0. The summed E-state index contributed by atoms with van der Waals surface area (Å²) >= 11 is 0. The number of aliphatic imine (C=N–C) groups is 1. The number of hydrogen-bond donors (Lipinski definition) is 0. The lowest BCUT2D eigenvalue weighted by atomic mass is 9.96. The maximum Gasteiger partial charge on any atom is 0.0991 e. The summed E-state index contributed by atoms with van der Waals surface area (Å²) in [5.41, 5.74) is 4.43. The Kier molecular flexibility index (Phi) is 2.64. The summed E-state index contributed by atoms with van der Waals surface area (Å²) in [6, 6.07) is 7.98. The van der Waals surface area contributed by atoms with Crippen molar-refractivity contribution in [3.05, 3.63) is 41.0 Å². The Hall–Kier alpha value is -1.88. The molecule has 0 bridgehead atoms. The summed E-state index contributed by atoms with van der Waals surface area (Å²) in [7, 11) is 0. The quantitative estimate of drug-likeness (QED) is 0.680. The average molecular weight is 196 g/mol. The molecule has 0 fully saturated rings. The van der Waals surface area contributed by atoms with Crippen molar-refractivity contribution in [3.63, 3.8) is 0 Å². The van der Waals surface area contributed by atoms with E-state index in [0.717, 1.165) is 24.1 Å². The number of benzene rings is 1. The first kappa shape index (κ1) is 9.67. The molecule has 1 aromatic rings. The summed E-state index contributed by atoms with van der Waals surface area (Å²) in [6.45, 7) is 2.82. The van der Waals surface area contributed by atoms with E-state index in [0.29, 0.717) is 0 Å². The van der Waals surface area contributed by atoms with Gasteiger partial charge in [-0.1, -0.05) is 12.1 Å². The van der Waals surface area contributed by atoms with Gasteiger partial charge in [0.05, 0.1) is 18.2 Å². The molecule has 0 N–H and O–H groups in total. The summed E-state index contributed by atoms with van der Waals surface area (Å²) in [6.07, 6.45) is 4.99. The zero-order valence-corrected chi connectivity index (χ0v) is 8.70. The van der Waals surface area contributed by atoms with Crippen LogP contribution in [0.4, 0.5) is 0 Å². The van der Waals surface area contributed by atoms with Gasteiger partial charge in [0.15, 0.2) is 0 Å². The molecule has 2 rings (SSSR count). The van der Waals surface area contributed by atoms with E-state index in [1.807, 2.05) is 31.3 Å². The van der Waals surface area contributed by atoms with Crippen LogP contribution < -0.4 is 0 Å². The minimum Gasteiger partial charge on any atom is -0.293 e. The van der Waals surface area contributed by atoms with Gasteiger partial charge in [0.25, 0.3) is 0 Å². The van der Waals surface area contributed by atoms with Gasteiger partial charge in [0.2, 0.25) is 0 Å². The average Bonchev–Trinajstić information content (AvgIpc) is 2.30. The van der Waals surface area contributed by atoms with Gasteiger partial charge in [-0.2, -0.15) is 5.26 Å². The van der Waals surface area contributed by atoms with Crippen LogP contribution >= 0.6 is 0 Å². The van der Waals surface area contributed by atoms with Crippen LogP contribution in [-0.4, -0.2) is 12.8 Å². The van der Waals surface area contributed by atoms with Gasteiger partial charge in [-0.25, -0.2) is 0 Å². The topological polar surface area (TPSA) is 36.1 Å². The number of dihydropyridines is 1. The molecule has 0 unspecified atom stereocenters. The van der Waals surface area contributed by atoms with E-state index >= 15 is 0 Å². The molecule has 1 aliphatic heterocycles. The molecule has 0 amide bonds. The van der Waals surface area contributed by atoms with Crippen molar-refractivity contribution in [2.24, 2.45) is 4.99 Å². The number of hydrogen-bond acceptors (Lipinski definition) is 2. The van der Waals surface area contributed by atoms with Crippen LogP contribution in [0.1, 0.15) is 23.1 Å². The third kappa shape index (κ3) is 1.97. The fourth-order valence-corrected chi connectivity index (χ4v) is 1.80. The zero-order valence-electron chi connectivity index (χ0n) is 8.70. The monoisotopic (exact) mass is 196 g/mol. The van der Waals surface area contributed by atoms with E-state index < -0.39 is 0 Å². The van der Waals surface area contributed by atoms with Crippen LogP contribution in [0.3, 0.4) is 0 Å². The molecule has 2 nitrogen and oxygen atoms in total. The predicted molar refractivity (Wildman–Crippen MR) is 61.8 cm³/mol. The number of nitriles is 1.